The summed E-state index contributed by atoms with van der Waals surface area (Å²) in [5, 5.41) is 2.72. The van der Waals surface area contributed by atoms with Crippen LogP contribution in [0.1, 0.15) is 24.2 Å². The van der Waals surface area contributed by atoms with Gasteiger partial charge >= 0.3 is 0 Å². The maximum atomic E-state index is 14.0. The highest BCUT2D eigenvalue weighted by Gasteiger charge is 2.22. The number of thioether (sulfide) groups is 1. The predicted octanol–water partition coefficient (Wildman–Crippen LogP) is 3.49. The lowest BCUT2D eigenvalue weighted by Gasteiger charge is -2.12. The van der Waals surface area contributed by atoms with Crippen molar-refractivity contribution >= 4 is 33.4 Å². The van der Waals surface area contributed by atoms with Crippen molar-refractivity contribution in [1.82, 2.24) is 4.72 Å². The Hall–Kier alpha value is -1.90. The molecule has 0 aliphatic rings. The van der Waals surface area contributed by atoms with Gasteiger partial charge < -0.3 is 5.32 Å². The Kier molecular flexibility index (Phi) is 6.21. The van der Waals surface area contributed by atoms with E-state index in [1.165, 1.54) is 17.8 Å². The molecular formula is C17H19FN2O3S2. The average Bonchev–Trinajstić information content (AvgIpc) is 2.54. The third-order valence-corrected chi connectivity index (χ3v) is 5.70. The molecule has 0 saturated carbocycles. The second kappa shape index (κ2) is 7.99. The Morgan fingerprint density at radius 3 is 2.48 bits per heavy atom. The first-order valence-electron chi connectivity index (χ1n) is 7.51. The smallest absolute Gasteiger partial charge is 0.255 e. The number of carbonyl (C=O) groups is 1. The van der Waals surface area contributed by atoms with E-state index in [4.69, 9.17) is 0 Å². The van der Waals surface area contributed by atoms with Gasteiger partial charge in [-0.15, -0.1) is 11.8 Å². The molecule has 0 spiro atoms. The van der Waals surface area contributed by atoms with Gasteiger partial charge in [0.1, 0.15) is 10.7 Å². The van der Waals surface area contributed by atoms with E-state index in [9.17, 15) is 17.6 Å². The van der Waals surface area contributed by atoms with Gasteiger partial charge in [0.15, 0.2) is 0 Å². The number of rotatable bonds is 6. The predicted molar refractivity (Wildman–Crippen MR) is 98.0 cm³/mol. The molecule has 134 valence electrons. The molecule has 0 aromatic heterocycles. The van der Waals surface area contributed by atoms with Crippen molar-refractivity contribution in [2.45, 2.75) is 29.7 Å². The van der Waals surface area contributed by atoms with Gasteiger partial charge in [-0.2, -0.15) is 0 Å². The summed E-state index contributed by atoms with van der Waals surface area (Å²) < 4.78 is 40.7. The molecule has 0 heterocycles. The Balaban J connectivity index is 2.34. The fourth-order valence-electron chi connectivity index (χ4n) is 2.17. The van der Waals surface area contributed by atoms with Crippen molar-refractivity contribution in [2.75, 3.05) is 11.6 Å². The van der Waals surface area contributed by atoms with Crippen LogP contribution in [0.3, 0.4) is 0 Å². The van der Waals surface area contributed by atoms with Crippen LogP contribution in [-0.2, 0) is 10.0 Å². The number of nitrogens with one attached hydrogen (secondary N) is 2. The van der Waals surface area contributed by atoms with Crippen LogP contribution >= 0.6 is 11.8 Å². The summed E-state index contributed by atoms with van der Waals surface area (Å²) in [4.78, 5) is 12.8. The minimum absolute atomic E-state index is 0.0569. The molecule has 0 atom stereocenters. The van der Waals surface area contributed by atoms with Gasteiger partial charge in [0.05, 0.1) is 5.69 Å². The number of anilines is 1. The van der Waals surface area contributed by atoms with Crippen LogP contribution in [0.15, 0.2) is 52.3 Å². The highest BCUT2D eigenvalue weighted by molar-refractivity contribution is 7.98. The summed E-state index contributed by atoms with van der Waals surface area (Å²) >= 11 is 1.47. The van der Waals surface area contributed by atoms with Gasteiger partial charge in [0, 0.05) is 16.5 Å². The first-order valence-corrected chi connectivity index (χ1v) is 10.2. The van der Waals surface area contributed by atoms with Crippen LogP contribution in [0.5, 0.6) is 0 Å². The standard InChI is InChI=1S/C17H19FN2O3S2/c1-11(2)20-25(22,23)16-10-12(8-9-13(16)18)17(21)19-14-6-4-5-7-15(14)24-3/h4-11,20H,1-3H3,(H,19,21). The van der Waals surface area contributed by atoms with Crippen LogP contribution < -0.4 is 10.0 Å². The van der Waals surface area contributed by atoms with Crippen molar-refractivity contribution < 1.29 is 17.6 Å². The highest BCUT2D eigenvalue weighted by Crippen LogP contribution is 2.25. The zero-order valence-corrected chi connectivity index (χ0v) is 15.7. The first-order chi connectivity index (χ1) is 11.7. The van der Waals surface area contributed by atoms with Crippen LogP contribution in [0.4, 0.5) is 10.1 Å². The summed E-state index contributed by atoms with van der Waals surface area (Å²) in [6, 6.07) is 10.1. The maximum absolute atomic E-state index is 14.0. The lowest BCUT2D eigenvalue weighted by Crippen LogP contribution is -2.31. The average molecular weight is 382 g/mol. The van der Waals surface area contributed by atoms with E-state index in [-0.39, 0.29) is 5.56 Å². The van der Waals surface area contributed by atoms with Crippen LogP contribution in [0.25, 0.3) is 0 Å². The van der Waals surface area contributed by atoms with E-state index < -0.39 is 32.7 Å². The Morgan fingerprint density at radius 1 is 1.16 bits per heavy atom. The molecular weight excluding hydrogens is 363 g/mol. The topological polar surface area (TPSA) is 75.3 Å². The fraction of sp³-hybridized carbons (Fsp3) is 0.235. The van der Waals surface area contributed by atoms with E-state index in [1.54, 1.807) is 26.0 Å². The first kappa shape index (κ1) is 19.4. The molecule has 2 N–H and O–H groups in total. The minimum atomic E-state index is -4.04. The molecule has 8 heteroatoms. The van der Waals surface area contributed by atoms with E-state index in [1.807, 2.05) is 18.4 Å². The molecule has 0 unspecified atom stereocenters. The second-order valence-corrected chi connectivity index (χ2v) is 8.11. The summed E-state index contributed by atoms with van der Waals surface area (Å²) in [6.45, 7) is 3.26. The normalized spacial score (nSPS) is 11.6. The number of para-hydroxylation sites is 1. The number of benzene rings is 2. The van der Waals surface area contributed by atoms with Crippen molar-refractivity contribution in [3.8, 4) is 0 Å². The summed E-state index contributed by atoms with van der Waals surface area (Å²) in [5.74, 6) is -1.42. The number of halogens is 1. The van der Waals surface area contributed by atoms with Gasteiger partial charge in [-0.3, -0.25) is 4.79 Å². The second-order valence-electron chi connectivity index (χ2n) is 5.58. The molecule has 1 amide bonds. The number of amides is 1. The van der Waals surface area contributed by atoms with Gasteiger partial charge in [-0.05, 0) is 50.4 Å². The third kappa shape index (κ3) is 4.81. The Labute approximate surface area is 151 Å². The van der Waals surface area contributed by atoms with E-state index >= 15 is 0 Å². The van der Waals surface area contributed by atoms with Gasteiger partial charge in [0.2, 0.25) is 10.0 Å². The van der Waals surface area contributed by atoms with Crippen molar-refractivity contribution in [1.29, 1.82) is 0 Å². The number of carbonyl (C=O) groups excluding carboxylic acids is 1. The molecule has 0 aliphatic carbocycles. The van der Waals surface area contributed by atoms with Crippen LogP contribution in [0, 0.1) is 5.82 Å². The molecule has 25 heavy (non-hydrogen) atoms. The van der Waals surface area contributed by atoms with Crippen LogP contribution in [0.2, 0.25) is 0 Å². The molecule has 2 rings (SSSR count). The largest absolute Gasteiger partial charge is 0.321 e. The van der Waals surface area contributed by atoms with E-state index in [2.05, 4.69) is 10.0 Å². The summed E-state index contributed by atoms with van der Waals surface area (Å²) in [7, 11) is -4.04. The summed E-state index contributed by atoms with van der Waals surface area (Å²) in [6.07, 6.45) is 1.88. The van der Waals surface area contributed by atoms with Crippen LogP contribution in [-0.4, -0.2) is 26.6 Å². The number of hydrogen-bond acceptors (Lipinski definition) is 4. The molecule has 2 aromatic carbocycles. The van der Waals surface area contributed by atoms with Crippen molar-refractivity contribution in [3.05, 3.63) is 53.8 Å². The van der Waals surface area contributed by atoms with Gasteiger partial charge in [-0.25, -0.2) is 17.5 Å². The Bertz CT molecular complexity index is 883. The van der Waals surface area contributed by atoms with Gasteiger partial charge in [0.25, 0.3) is 5.91 Å². The molecule has 5 nitrogen and oxygen atoms in total. The fourth-order valence-corrected chi connectivity index (χ4v) is 4.07. The molecule has 0 saturated heterocycles. The number of sulfonamides is 1. The maximum Gasteiger partial charge on any atom is 0.255 e. The molecule has 0 aliphatic heterocycles. The molecule has 0 bridgehead atoms. The van der Waals surface area contributed by atoms with E-state index in [0.29, 0.717) is 5.69 Å². The third-order valence-electron chi connectivity index (χ3n) is 3.23. The Morgan fingerprint density at radius 2 is 1.84 bits per heavy atom. The number of hydrogen-bond donors (Lipinski definition) is 2. The quantitative estimate of drug-likeness (QED) is 0.750. The molecule has 0 fully saturated rings. The summed E-state index contributed by atoms with van der Waals surface area (Å²) in [5.41, 5.74) is 0.662. The molecule has 2 aromatic rings. The lowest BCUT2D eigenvalue weighted by molar-refractivity contribution is 0.102. The highest BCUT2D eigenvalue weighted by atomic mass is 32.2. The lowest BCUT2D eigenvalue weighted by atomic mass is 10.2. The zero-order chi connectivity index (χ0) is 18.6. The molecule has 0 radical (unpaired) electrons. The minimum Gasteiger partial charge on any atom is -0.321 e. The van der Waals surface area contributed by atoms with Crippen molar-refractivity contribution in [2.24, 2.45) is 0 Å². The zero-order valence-electron chi connectivity index (χ0n) is 14.0. The monoisotopic (exact) mass is 382 g/mol. The van der Waals surface area contributed by atoms with E-state index in [0.717, 1.165) is 17.0 Å². The SMILES string of the molecule is CSc1ccccc1NC(=O)c1ccc(F)c(S(=O)(=O)NC(C)C)c1. The van der Waals surface area contributed by atoms with Gasteiger partial charge in [-0.1, -0.05) is 12.1 Å². The van der Waals surface area contributed by atoms with Crippen molar-refractivity contribution in [3.63, 3.8) is 0 Å².